The zero-order valence-corrected chi connectivity index (χ0v) is 11.4. The molecule has 1 aromatic carbocycles. The summed E-state index contributed by atoms with van der Waals surface area (Å²) in [7, 11) is 0. The summed E-state index contributed by atoms with van der Waals surface area (Å²) in [6.45, 7) is 1.98. The van der Waals surface area contributed by atoms with Crippen LogP contribution in [0.5, 0.6) is 0 Å². The minimum Gasteiger partial charge on any atom is -0.478 e. The van der Waals surface area contributed by atoms with Gasteiger partial charge in [0.05, 0.1) is 5.69 Å². The lowest BCUT2D eigenvalue weighted by molar-refractivity contribution is -0.131. The summed E-state index contributed by atoms with van der Waals surface area (Å²) in [4.78, 5) is 26.2. The Balaban J connectivity index is 2.21. The number of aliphatic carboxylic acids is 1. The van der Waals surface area contributed by atoms with Crippen molar-refractivity contribution in [3.8, 4) is 11.3 Å². The van der Waals surface area contributed by atoms with Crippen molar-refractivity contribution >= 4 is 17.6 Å². The average Bonchev–Trinajstić information content (AvgIpc) is 2.46. The molecule has 0 unspecified atom stereocenters. The van der Waals surface area contributed by atoms with Crippen molar-refractivity contribution in [3.63, 3.8) is 0 Å². The van der Waals surface area contributed by atoms with Crippen LogP contribution in [-0.2, 0) is 9.59 Å². The molecular formula is C16H14N2O3. The monoisotopic (exact) mass is 282 g/mol. The number of nitrogens with one attached hydrogen (secondary N) is 1. The highest BCUT2D eigenvalue weighted by Gasteiger charge is 2.05. The van der Waals surface area contributed by atoms with Crippen LogP contribution < -0.4 is 5.32 Å². The molecule has 0 aliphatic carbocycles. The molecule has 2 aromatic rings. The Morgan fingerprint density at radius 2 is 1.95 bits per heavy atom. The molecule has 0 radical (unpaired) electrons. The maximum atomic E-state index is 11.5. The van der Waals surface area contributed by atoms with E-state index in [1.54, 1.807) is 18.3 Å². The molecule has 0 spiro atoms. The molecule has 1 aromatic heterocycles. The van der Waals surface area contributed by atoms with E-state index in [9.17, 15) is 9.59 Å². The van der Waals surface area contributed by atoms with Crippen molar-refractivity contribution in [2.24, 2.45) is 0 Å². The van der Waals surface area contributed by atoms with Gasteiger partial charge < -0.3 is 10.4 Å². The van der Waals surface area contributed by atoms with Gasteiger partial charge in [-0.2, -0.15) is 0 Å². The van der Waals surface area contributed by atoms with Crippen LogP contribution in [0.15, 0.2) is 54.7 Å². The number of carboxylic acids is 1. The normalized spacial score (nSPS) is 10.5. The quantitative estimate of drug-likeness (QED) is 0.845. The number of carboxylic acid groups (broad SMARTS) is 1. The Bertz CT molecular complexity index is 708. The fourth-order valence-electron chi connectivity index (χ4n) is 1.85. The number of benzene rings is 1. The van der Waals surface area contributed by atoms with Crippen LogP contribution in [0.2, 0.25) is 0 Å². The van der Waals surface area contributed by atoms with E-state index in [-0.39, 0.29) is 0 Å². The third kappa shape index (κ3) is 4.01. The van der Waals surface area contributed by atoms with Crippen LogP contribution in [0.25, 0.3) is 11.3 Å². The minimum absolute atomic E-state index is 0.501. The van der Waals surface area contributed by atoms with Gasteiger partial charge in [-0.15, -0.1) is 0 Å². The van der Waals surface area contributed by atoms with Crippen molar-refractivity contribution in [3.05, 3.63) is 60.3 Å². The summed E-state index contributed by atoms with van der Waals surface area (Å²) in [5.41, 5.74) is 3.37. The lowest BCUT2D eigenvalue weighted by Crippen LogP contribution is -2.08. The molecule has 0 saturated heterocycles. The Hall–Kier alpha value is -2.95. The molecule has 5 heteroatoms. The summed E-state index contributed by atoms with van der Waals surface area (Å²) in [5, 5.41) is 11.1. The molecule has 0 aliphatic rings. The van der Waals surface area contributed by atoms with Gasteiger partial charge >= 0.3 is 5.97 Å². The molecule has 21 heavy (non-hydrogen) atoms. The molecule has 0 aliphatic heterocycles. The molecule has 106 valence electrons. The van der Waals surface area contributed by atoms with Crippen LogP contribution in [0.1, 0.15) is 5.56 Å². The summed E-state index contributed by atoms with van der Waals surface area (Å²) >= 11 is 0. The summed E-state index contributed by atoms with van der Waals surface area (Å²) in [5.74, 6) is -1.67. The first-order valence-electron chi connectivity index (χ1n) is 6.30. The standard InChI is InChI=1S/C16H14N2O3/c1-11-4-2-3-5-13(11)14-10-12(8-9-17-14)18-15(19)6-7-16(20)21/h2-10H,1H3,(H,20,21)(H,17,18,19). The van der Waals surface area contributed by atoms with E-state index >= 15 is 0 Å². The van der Waals surface area contributed by atoms with E-state index in [0.717, 1.165) is 29.0 Å². The number of rotatable bonds is 4. The SMILES string of the molecule is Cc1ccccc1-c1cc(NC(=O)C=CC(=O)O)ccn1. The largest absolute Gasteiger partial charge is 0.478 e. The molecule has 2 rings (SSSR count). The predicted molar refractivity (Wildman–Crippen MR) is 79.8 cm³/mol. The topological polar surface area (TPSA) is 79.3 Å². The zero-order valence-electron chi connectivity index (χ0n) is 11.4. The van der Waals surface area contributed by atoms with Gasteiger partial charge in [0.15, 0.2) is 0 Å². The summed E-state index contributed by atoms with van der Waals surface area (Å²) < 4.78 is 0. The number of hydrogen-bond donors (Lipinski definition) is 2. The predicted octanol–water partition coefficient (Wildman–Crippen LogP) is 2.64. The lowest BCUT2D eigenvalue weighted by Gasteiger charge is -2.07. The van der Waals surface area contributed by atoms with Crippen LogP contribution in [0.3, 0.4) is 0 Å². The molecule has 1 heterocycles. The van der Waals surface area contributed by atoms with Gasteiger partial charge in [0.1, 0.15) is 0 Å². The van der Waals surface area contributed by atoms with E-state index in [4.69, 9.17) is 5.11 Å². The number of anilines is 1. The number of carbonyl (C=O) groups is 2. The Morgan fingerprint density at radius 1 is 1.19 bits per heavy atom. The van der Waals surface area contributed by atoms with Crippen molar-refractivity contribution < 1.29 is 14.7 Å². The minimum atomic E-state index is -1.17. The van der Waals surface area contributed by atoms with Gasteiger partial charge in [-0.1, -0.05) is 24.3 Å². The molecule has 0 bridgehead atoms. The highest BCUT2D eigenvalue weighted by Crippen LogP contribution is 2.23. The number of aromatic nitrogens is 1. The third-order valence-electron chi connectivity index (χ3n) is 2.83. The van der Waals surface area contributed by atoms with Crippen LogP contribution >= 0.6 is 0 Å². The number of hydrogen-bond acceptors (Lipinski definition) is 3. The van der Waals surface area contributed by atoms with Crippen LogP contribution in [-0.4, -0.2) is 22.0 Å². The molecule has 5 nitrogen and oxygen atoms in total. The molecule has 0 saturated carbocycles. The highest BCUT2D eigenvalue weighted by molar-refractivity contribution is 6.02. The van der Waals surface area contributed by atoms with Crippen molar-refractivity contribution in [2.75, 3.05) is 5.32 Å². The van der Waals surface area contributed by atoms with Crippen molar-refractivity contribution in [1.82, 2.24) is 4.98 Å². The second-order valence-corrected chi connectivity index (χ2v) is 4.41. The Kier molecular flexibility index (Phi) is 4.46. The summed E-state index contributed by atoms with van der Waals surface area (Å²) in [6, 6.07) is 11.2. The fourth-order valence-corrected chi connectivity index (χ4v) is 1.85. The molecular weight excluding hydrogens is 268 g/mol. The van der Waals surface area contributed by atoms with Gasteiger partial charge in [-0.3, -0.25) is 9.78 Å². The zero-order chi connectivity index (χ0) is 15.2. The van der Waals surface area contributed by atoms with E-state index in [1.807, 2.05) is 31.2 Å². The van der Waals surface area contributed by atoms with Gasteiger partial charge in [0, 0.05) is 29.6 Å². The second-order valence-electron chi connectivity index (χ2n) is 4.41. The van der Waals surface area contributed by atoms with Crippen LogP contribution in [0, 0.1) is 6.92 Å². The number of pyridine rings is 1. The van der Waals surface area contributed by atoms with Gasteiger partial charge in [-0.05, 0) is 24.6 Å². The molecule has 0 fully saturated rings. The lowest BCUT2D eigenvalue weighted by atomic mass is 10.1. The van der Waals surface area contributed by atoms with E-state index < -0.39 is 11.9 Å². The first-order valence-corrected chi connectivity index (χ1v) is 6.30. The maximum Gasteiger partial charge on any atom is 0.328 e. The smallest absolute Gasteiger partial charge is 0.328 e. The Labute approximate surface area is 122 Å². The van der Waals surface area contributed by atoms with E-state index in [1.165, 1.54) is 0 Å². The number of amides is 1. The van der Waals surface area contributed by atoms with Crippen molar-refractivity contribution in [1.29, 1.82) is 0 Å². The number of carbonyl (C=O) groups excluding carboxylic acids is 1. The van der Waals surface area contributed by atoms with Crippen LogP contribution in [0.4, 0.5) is 5.69 Å². The fraction of sp³-hybridized carbons (Fsp3) is 0.0625. The maximum absolute atomic E-state index is 11.5. The molecule has 0 atom stereocenters. The van der Waals surface area contributed by atoms with Crippen molar-refractivity contribution in [2.45, 2.75) is 6.92 Å². The van der Waals surface area contributed by atoms with E-state index in [0.29, 0.717) is 5.69 Å². The summed E-state index contributed by atoms with van der Waals surface area (Å²) in [6.07, 6.45) is 3.35. The van der Waals surface area contributed by atoms with E-state index in [2.05, 4.69) is 10.3 Å². The number of nitrogens with zero attached hydrogens (tertiary/aromatic N) is 1. The van der Waals surface area contributed by atoms with Gasteiger partial charge in [-0.25, -0.2) is 4.79 Å². The van der Waals surface area contributed by atoms with Gasteiger partial charge in [0.2, 0.25) is 5.91 Å². The first-order chi connectivity index (χ1) is 10.1. The third-order valence-corrected chi connectivity index (χ3v) is 2.83. The van der Waals surface area contributed by atoms with Gasteiger partial charge in [0.25, 0.3) is 0 Å². The Morgan fingerprint density at radius 3 is 2.67 bits per heavy atom. The second kappa shape index (κ2) is 6.47. The average molecular weight is 282 g/mol. The molecule has 2 N–H and O–H groups in total. The number of aryl methyl sites for hydroxylation is 1. The highest BCUT2D eigenvalue weighted by atomic mass is 16.4. The molecule has 1 amide bonds. The first kappa shape index (κ1) is 14.5.